The molecule has 92 valence electrons. The molecule has 2 heteroatoms. The summed E-state index contributed by atoms with van der Waals surface area (Å²) in [5, 5.41) is 0. The van der Waals surface area contributed by atoms with Crippen LogP contribution in [0.5, 0.6) is 0 Å². The van der Waals surface area contributed by atoms with Gasteiger partial charge >= 0.3 is 0 Å². The Morgan fingerprint density at radius 1 is 1.31 bits per heavy atom. The molecule has 0 aromatic rings. The van der Waals surface area contributed by atoms with Gasteiger partial charge in [-0.1, -0.05) is 20.8 Å². The van der Waals surface area contributed by atoms with Gasteiger partial charge in [-0.15, -0.1) is 0 Å². The quantitative estimate of drug-likeness (QED) is 0.657. The van der Waals surface area contributed by atoms with Crippen molar-refractivity contribution in [1.29, 1.82) is 0 Å². The van der Waals surface area contributed by atoms with Gasteiger partial charge < -0.3 is 4.48 Å². The molecule has 0 aliphatic heterocycles. The third-order valence-corrected chi connectivity index (χ3v) is 5.20. The van der Waals surface area contributed by atoms with E-state index in [1.54, 1.807) is 0 Å². The van der Waals surface area contributed by atoms with E-state index in [1.807, 2.05) is 0 Å². The summed E-state index contributed by atoms with van der Waals surface area (Å²) in [5.41, 5.74) is 0.360. The van der Waals surface area contributed by atoms with Crippen LogP contribution in [0.4, 0.5) is 0 Å². The van der Waals surface area contributed by atoms with E-state index in [2.05, 4.69) is 41.9 Å². The maximum absolute atomic E-state index is 12.3. The summed E-state index contributed by atoms with van der Waals surface area (Å²) in [6.45, 7) is 8.00. The lowest BCUT2D eigenvalue weighted by Gasteiger charge is -2.41. The molecule has 2 nitrogen and oxygen atoms in total. The van der Waals surface area contributed by atoms with Crippen molar-refractivity contribution in [2.24, 2.45) is 29.1 Å². The second kappa shape index (κ2) is 3.32. The van der Waals surface area contributed by atoms with Gasteiger partial charge in [-0.05, 0) is 23.7 Å². The molecule has 0 aromatic heterocycles. The van der Waals surface area contributed by atoms with E-state index < -0.39 is 0 Å². The van der Waals surface area contributed by atoms with Gasteiger partial charge in [-0.25, -0.2) is 0 Å². The number of ketones is 1. The zero-order valence-corrected chi connectivity index (χ0v) is 11.6. The number of hydrogen-bond acceptors (Lipinski definition) is 1. The first kappa shape index (κ1) is 12.1. The minimum absolute atomic E-state index is 0.316. The fraction of sp³-hybridized carbons (Fsp3) is 0.929. The van der Waals surface area contributed by atoms with Gasteiger partial charge in [-0.2, -0.15) is 0 Å². The summed E-state index contributed by atoms with van der Waals surface area (Å²) in [6.07, 6.45) is 1.15. The largest absolute Gasteiger partial charge is 0.330 e. The van der Waals surface area contributed by atoms with Crippen molar-refractivity contribution in [3.63, 3.8) is 0 Å². The van der Waals surface area contributed by atoms with Gasteiger partial charge in [0.15, 0.2) is 0 Å². The Bertz CT molecular complexity index is 313. The predicted octanol–water partition coefficient (Wildman–Crippen LogP) is 2.19. The van der Waals surface area contributed by atoms with Crippen molar-refractivity contribution in [2.45, 2.75) is 27.2 Å². The summed E-state index contributed by atoms with van der Waals surface area (Å²) >= 11 is 0. The number of carbonyl (C=O) groups is 1. The summed E-state index contributed by atoms with van der Waals surface area (Å²) in [6, 6.07) is 0. The highest BCUT2D eigenvalue weighted by molar-refractivity contribution is 5.87. The Morgan fingerprint density at radius 2 is 1.88 bits per heavy atom. The standard InChI is InChI=1S/C14H26NO/c1-9-10-7-12(14(9,2)3)11(13(10)16)8-15(4,5)6/h9-12H,7-8H2,1-6H3/q+1/t9-,10+,11-,12+/m0/s1. The minimum Gasteiger partial charge on any atom is -0.330 e. The SMILES string of the molecule is C[C@H]1[C@H]2C[C@H]([C@H](C[N+](C)(C)C)C2=O)C1(C)C. The first-order valence-electron chi connectivity index (χ1n) is 6.49. The molecule has 4 atom stereocenters. The van der Waals surface area contributed by atoms with Crippen LogP contribution in [-0.2, 0) is 4.79 Å². The van der Waals surface area contributed by atoms with Crippen molar-refractivity contribution in [1.82, 2.24) is 0 Å². The molecular formula is C14H26NO+. The lowest BCUT2D eigenvalue weighted by atomic mass is 9.65. The van der Waals surface area contributed by atoms with Crippen molar-refractivity contribution < 1.29 is 9.28 Å². The molecule has 2 fully saturated rings. The molecule has 2 aliphatic rings. The smallest absolute Gasteiger partial charge is 0.145 e. The van der Waals surface area contributed by atoms with E-state index in [9.17, 15) is 4.79 Å². The summed E-state index contributed by atoms with van der Waals surface area (Å²) < 4.78 is 0.907. The van der Waals surface area contributed by atoms with Crippen LogP contribution in [0.3, 0.4) is 0 Å². The van der Waals surface area contributed by atoms with E-state index in [0.29, 0.717) is 34.9 Å². The highest BCUT2D eigenvalue weighted by atomic mass is 16.1. The molecule has 2 bridgehead atoms. The number of Topliss-reactive ketones (excluding diaryl/α,β-unsaturated/α-hetero) is 1. The van der Waals surface area contributed by atoms with Crippen LogP contribution < -0.4 is 0 Å². The van der Waals surface area contributed by atoms with Crippen LogP contribution in [0.15, 0.2) is 0 Å². The van der Waals surface area contributed by atoms with Crippen molar-refractivity contribution in [2.75, 3.05) is 27.7 Å². The van der Waals surface area contributed by atoms with E-state index >= 15 is 0 Å². The Morgan fingerprint density at radius 3 is 2.31 bits per heavy atom. The van der Waals surface area contributed by atoms with Crippen LogP contribution in [0.1, 0.15) is 27.2 Å². The second-order valence-corrected chi connectivity index (χ2v) is 7.54. The minimum atomic E-state index is 0.316. The number of hydrogen-bond donors (Lipinski definition) is 0. The molecule has 0 saturated heterocycles. The van der Waals surface area contributed by atoms with Gasteiger partial charge in [0.25, 0.3) is 0 Å². The maximum Gasteiger partial charge on any atom is 0.145 e. The van der Waals surface area contributed by atoms with Gasteiger partial charge in [0, 0.05) is 5.92 Å². The number of fused-ring (bicyclic) bond motifs is 2. The molecule has 2 rings (SSSR count). The molecule has 0 amide bonds. The van der Waals surface area contributed by atoms with Gasteiger partial charge in [0.1, 0.15) is 5.78 Å². The first-order chi connectivity index (χ1) is 7.14. The highest BCUT2D eigenvalue weighted by Gasteiger charge is 2.60. The second-order valence-electron chi connectivity index (χ2n) is 7.54. The predicted molar refractivity (Wildman–Crippen MR) is 65.9 cm³/mol. The number of rotatable bonds is 2. The van der Waals surface area contributed by atoms with E-state index in [-0.39, 0.29) is 0 Å². The van der Waals surface area contributed by atoms with E-state index in [0.717, 1.165) is 17.4 Å². The van der Waals surface area contributed by atoms with Crippen molar-refractivity contribution in [3.8, 4) is 0 Å². The van der Waals surface area contributed by atoms with Gasteiger partial charge in [-0.3, -0.25) is 4.79 Å². The fourth-order valence-electron chi connectivity index (χ4n) is 3.96. The molecule has 0 heterocycles. The Labute approximate surface area is 99.6 Å². The zero-order valence-electron chi connectivity index (χ0n) is 11.6. The summed E-state index contributed by atoms with van der Waals surface area (Å²) in [5.74, 6) is 2.43. The van der Waals surface area contributed by atoms with Crippen LogP contribution in [0.25, 0.3) is 0 Å². The molecule has 2 saturated carbocycles. The normalized spacial score (nSPS) is 41.8. The number of carbonyl (C=O) groups excluding carboxylic acids is 1. The molecule has 16 heavy (non-hydrogen) atoms. The molecule has 0 aromatic carbocycles. The van der Waals surface area contributed by atoms with Gasteiger partial charge in [0.05, 0.1) is 33.6 Å². The fourth-order valence-corrected chi connectivity index (χ4v) is 3.96. The van der Waals surface area contributed by atoms with Crippen molar-refractivity contribution in [3.05, 3.63) is 0 Å². The molecule has 2 aliphatic carbocycles. The lowest BCUT2D eigenvalue weighted by molar-refractivity contribution is -0.873. The van der Waals surface area contributed by atoms with Crippen LogP contribution in [0.2, 0.25) is 0 Å². The van der Waals surface area contributed by atoms with Crippen LogP contribution in [-0.4, -0.2) is 38.0 Å². The summed E-state index contributed by atoms with van der Waals surface area (Å²) in [4.78, 5) is 12.3. The third-order valence-electron chi connectivity index (χ3n) is 5.20. The lowest BCUT2D eigenvalue weighted by Crippen LogP contribution is -2.48. The average molecular weight is 224 g/mol. The molecular weight excluding hydrogens is 198 g/mol. The van der Waals surface area contributed by atoms with E-state index in [4.69, 9.17) is 0 Å². The maximum atomic E-state index is 12.3. The number of quaternary nitrogens is 1. The Kier molecular flexibility index (Phi) is 2.51. The average Bonchev–Trinajstić information content (AvgIpc) is 2.50. The van der Waals surface area contributed by atoms with Crippen molar-refractivity contribution >= 4 is 5.78 Å². The highest BCUT2D eigenvalue weighted by Crippen LogP contribution is 2.59. The topological polar surface area (TPSA) is 17.1 Å². The molecule has 0 spiro atoms. The third kappa shape index (κ3) is 1.62. The summed E-state index contributed by atoms with van der Waals surface area (Å²) in [7, 11) is 6.57. The van der Waals surface area contributed by atoms with Crippen LogP contribution >= 0.6 is 0 Å². The van der Waals surface area contributed by atoms with E-state index in [1.165, 1.54) is 0 Å². The molecule has 0 unspecified atom stereocenters. The molecule has 0 N–H and O–H groups in total. The Hall–Kier alpha value is -0.370. The number of nitrogens with zero attached hydrogens (tertiary/aromatic N) is 1. The van der Waals surface area contributed by atoms with Gasteiger partial charge in [0.2, 0.25) is 0 Å². The zero-order chi connectivity index (χ0) is 12.3. The molecule has 0 radical (unpaired) electrons. The first-order valence-corrected chi connectivity index (χ1v) is 6.49. The van der Waals surface area contributed by atoms with Crippen LogP contribution in [0, 0.1) is 29.1 Å². The monoisotopic (exact) mass is 224 g/mol. The Balaban J connectivity index is 2.22.